The third kappa shape index (κ3) is 3.73. The number of hydrogen-bond donors (Lipinski definition) is 1. The highest BCUT2D eigenvalue weighted by Gasteiger charge is 2.34. The van der Waals surface area contributed by atoms with Gasteiger partial charge >= 0.3 is 0 Å². The second-order valence-electron chi connectivity index (χ2n) is 5.89. The van der Waals surface area contributed by atoms with Crippen LogP contribution in [0.1, 0.15) is 31.4 Å². The molecule has 0 aliphatic carbocycles. The van der Waals surface area contributed by atoms with E-state index in [4.69, 9.17) is 16.3 Å². The van der Waals surface area contributed by atoms with Crippen LogP contribution < -0.4 is 5.32 Å². The molecule has 0 saturated carbocycles. The minimum atomic E-state index is 0.207. The fourth-order valence-corrected chi connectivity index (χ4v) is 2.87. The highest BCUT2D eigenvalue weighted by molar-refractivity contribution is 6.30. The van der Waals surface area contributed by atoms with Crippen LogP contribution in [0.15, 0.2) is 24.3 Å². The third-order valence-electron chi connectivity index (χ3n) is 4.48. The van der Waals surface area contributed by atoms with Crippen molar-refractivity contribution < 1.29 is 4.74 Å². The van der Waals surface area contributed by atoms with E-state index in [0.717, 1.165) is 37.6 Å². The first-order valence-corrected chi connectivity index (χ1v) is 7.65. The van der Waals surface area contributed by atoms with E-state index in [9.17, 15) is 0 Å². The molecule has 20 heavy (non-hydrogen) atoms. The number of hydrogen-bond acceptors (Lipinski definition) is 3. The molecule has 1 heterocycles. The standard InChI is InChI=1S/C16H25ClN2O/c1-13(14-4-6-15(17)7-5-14)18-12-16(19(2)3)8-10-20-11-9-16/h4-7,13,18H,8-12H2,1-3H3/t13-/m1/s1. The van der Waals surface area contributed by atoms with Gasteiger partial charge in [0.2, 0.25) is 0 Å². The molecule has 0 spiro atoms. The van der Waals surface area contributed by atoms with Crippen LogP contribution in [0.4, 0.5) is 0 Å². The third-order valence-corrected chi connectivity index (χ3v) is 4.73. The maximum Gasteiger partial charge on any atom is 0.0484 e. The quantitative estimate of drug-likeness (QED) is 0.903. The maximum absolute atomic E-state index is 5.94. The predicted octanol–water partition coefficient (Wildman–Crippen LogP) is 3.10. The Hall–Kier alpha value is -0.610. The van der Waals surface area contributed by atoms with Crippen molar-refractivity contribution in [3.63, 3.8) is 0 Å². The largest absolute Gasteiger partial charge is 0.381 e. The van der Waals surface area contributed by atoms with E-state index in [-0.39, 0.29) is 5.54 Å². The summed E-state index contributed by atoms with van der Waals surface area (Å²) >= 11 is 5.94. The summed E-state index contributed by atoms with van der Waals surface area (Å²) in [5.74, 6) is 0. The van der Waals surface area contributed by atoms with Crippen LogP contribution in [-0.4, -0.2) is 44.3 Å². The molecule has 112 valence electrons. The summed E-state index contributed by atoms with van der Waals surface area (Å²) in [5.41, 5.74) is 1.48. The van der Waals surface area contributed by atoms with Crippen LogP contribution in [0.2, 0.25) is 5.02 Å². The zero-order valence-corrected chi connectivity index (χ0v) is 13.4. The molecule has 1 fully saturated rings. The van der Waals surface area contributed by atoms with Gasteiger partial charge in [-0.1, -0.05) is 23.7 Å². The first-order chi connectivity index (χ1) is 9.53. The Kier molecular flexibility index (Phi) is 5.44. The number of nitrogens with one attached hydrogen (secondary N) is 1. The lowest BCUT2D eigenvalue weighted by Crippen LogP contribution is -2.55. The van der Waals surface area contributed by atoms with Gasteiger partial charge in [-0.3, -0.25) is 0 Å². The van der Waals surface area contributed by atoms with Gasteiger partial charge in [0.25, 0.3) is 0 Å². The van der Waals surface area contributed by atoms with Crippen LogP contribution in [0, 0.1) is 0 Å². The van der Waals surface area contributed by atoms with Crippen molar-refractivity contribution in [3.05, 3.63) is 34.9 Å². The zero-order chi connectivity index (χ0) is 14.6. The van der Waals surface area contributed by atoms with Gasteiger partial charge < -0.3 is 15.0 Å². The van der Waals surface area contributed by atoms with Crippen molar-refractivity contribution in [2.75, 3.05) is 33.9 Å². The lowest BCUT2D eigenvalue weighted by Gasteiger charge is -2.43. The smallest absolute Gasteiger partial charge is 0.0484 e. The van der Waals surface area contributed by atoms with Gasteiger partial charge in [-0.15, -0.1) is 0 Å². The Morgan fingerprint density at radius 1 is 1.25 bits per heavy atom. The molecule has 0 amide bonds. The molecule has 4 heteroatoms. The van der Waals surface area contributed by atoms with Gasteiger partial charge in [-0.2, -0.15) is 0 Å². The summed E-state index contributed by atoms with van der Waals surface area (Å²) < 4.78 is 5.51. The Bertz CT molecular complexity index is 413. The second kappa shape index (κ2) is 6.90. The van der Waals surface area contributed by atoms with Crippen molar-refractivity contribution in [2.24, 2.45) is 0 Å². The Morgan fingerprint density at radius 3 is 2.40 bits per heavy atom. The summed E-state index contributed by atoms with van der Waals surface area (Å²) in [6.45, 7) is 4.89. The average molecular weight is 297 g/mol. The lowest BCUT2D eigenvalue weighted by atomic mass is 9.88. The molecular weight excluding hydrogens is 272 g/mol. The number of halogens is 1. The second-order valence-corrected chi connectivity index (χ2v) is 6.32. The molecule has 0 unspecified atom stereocenters. The summed E-state index contributed by atoms with van der Waals surface area (Å²) in [4.78, 5) is 2.34. The molecule has 2 rings (SSSR count). The molecular formula is C16H25ClN2O. The Labute approximate surface area is 127 Å². The fraction of sp³-hybridized carbons (Fsp3) is 0.625. The number of rotatable bonds is 5. The van der Waals surface area contributed by atoms with Crippen LogP contribution in [0.25, 0.3) is 0 Å². The number of likely N-dealkylation sites (N-methyl/N-ethyl adjacent to an activating group) is 1. The van der Waals surface area contributed by atoms with Gasteiger partial charge in [0.1, 0.15) is 0 Å². The van der Waals surface area contributed by atoms with Gasteiger partial charge in [0.05, 0.1) is 0 Å². The summed E-state index contributed by atoms with van der Waals surface area (Å²) in [6.07, 6.45) is 2.17. The van der Waals surface area contributed by atoms with Gasteiger partial charge in [0.15, 0.2) is 0 Å². The Balaban J connectivity index is 1.96. The normalized spacial score (nSPS) is 20.1. The van der Waals surface area contributed by atoms with Crippen molar-refractivity contribution in [1.82, 2.24) is 10.2 Å². The van der Waals surface area contributed by atoms with Gasteiger partial charge in [-0.25, -0.2) is 0 Å². The van der Waals surface area contributed by atoms with Crippen LogP contribution >= 0.6 is 11.6 Å². The van der Waals surface area contributed by atoms with E-state index in [2.05, 4.69) is 43.4 Å². The van der Waals surface area contributed by atoms with E-state index < -0.39 is 0 Å². The maximum atomic E-state index is 5.94. The van der Waals surface area contributed by atoms with E-state index >= 15 is 0 Å². The minimum Gasteiger partial charge on any atom is -0.381 e. The molecule has 0 bridgehead atoms. The van der Waals surface area contributed by atoms with E-state index in [1.54, 1.807) is 0 Å². The topological polar surface area (TPSA) is 24.5 Å². The van der Waals surface area contributed by atoms with Crippen molar-refractivity contribution >= 4 is 11.6 Å². The van der Waals surface area contributed by atoms with E-state index in [1.807, 2.05) is 12.1 Å². The summed E-state index contributed by atoms with van der Waals surface area (Å²) in [5, 5.41) is 4.46. The first-order valence-electron chi connectivity index (χ1n) is 7.27. The van der Waals surface area contributed by atoms with E-state index in [0.29, 0.717) is 6.04 Å². The van der Waals surface area contributed by atoms with Crippen molar-refractivity contribution in [3.8, 4) is 0 Å². The minimum absolute atomic E-state index is 0.207. The molecule has 0 radical (unpaired) electrons. The Morgan fingerprint density at radius 2 is 1.85 bits per heavy atom. The fourth-order valence-electron chi connectivity index (χ4n) is 2.75. The molecule has 0 aromatic heterocycles. The number of nitrogens with zero attached hydrogens (tertiary/aromatic N) is 1. The van der Waals surface area contributed by atoms with Gasteiger partial charge in [-0.05, 0) is 51.6 Å². The van der Waals surface area contributed by atoms with Crippen LogP contribution in [-0.2, 0) is 4.74 Å². The molecule has 1 aliphatic heterocycles. The van der Waals surface area contributed by atoms with Crippen molar-refractivity contribution in [2.45, 2.75) is 31.3 Å². The zero-order valence-electron chi connectivity index (χ0n) is 12.7. The number of ether oxygens (including phenoxy) is 1. The molecule has 1 aromatic rings. The molecule has 3 nitrogen and oxygen atoms in total. The highest BCUT2D eigenvalue weighted by atomic mass is 35.5. The van der Waals surface area contributed by atoms with Crippen molar-refractivity contribution in [1.29, 1.82) is 0 Å². The summed E-state index contributed by atoms with van der Waals surface area (Å²) in [6, 6.07) is 8.40. The van der Waals surface area contributed by atoms with Gasteiger partial charge in [0, 0.05) is 36.4 Å². The lowest BCUT2D eigenvalue weighted by molar-refractivity contribution is -0.00806. The monoisotopic (exact) mass is 296 g/mol. The molecule has 1 saturated heterocycles. The first kappa shape index (κ1) is 15.8. The van der Waals surface area contributed by atoms with Crippen LogP contribution in [0.5, 0.6) is 0 Å². The molecule has 1 aromatic carbocycles. The van der Waals surface area contributed by atoms with E-state index in [1.165, 1.54) is 5.56 Å². The predicted molar refractivity (Wildman–Crippen MR) is 84.3 cm³/mol. The summed E-state index contributed by atoms with van der Waals surface area (Å²) in [7, 11) is 4.33. The van der Waals surface area contributed by atoms with Crippen LogP contribution in [0.3, 0.4) is 0 Å². The molecule has 1 aliphatic rings. The average Bonchev–Trinajstić information content (AvgIpc) is 2.46. The highest BCUT2D eigenvalue weighted by Crippen LogP contribution is 2.26. The number of benzene rings is 1. The molecule has 1 N–H and O–H groups in total. The SMILES string of the molecule is C[C@@H](NCC1(N(C)C)CCOCC1)c1ccc(Cl)cc1. The molecule has 1 atom stereocenters.